The smallest absolute Gasteiger partial charge is 0.243 e. The van der Waals surface area contributed by atoms with Crippen molar-refractivity contribution >= 4 is 27.5 Å². The highest BCUT2D eigenvalue weighted by molar-refractivity contribution is 7.89. The molecule has 0 atom stereocenters. The molecule has 0 radical (unpaired) electrons. The van der Waals surface area contributed by atoms with Crippen LogP contribution in [-0.2, 0) is 26.2 Å². The number of piperidine rings is 1. The fraction of sp³-hybridized carbons (Fsp3) is 0.481. The largest absolute Gasteiger partial charge is 0.352 e. The van der Waals surface area contributed by atoms with E-state index in [-0.39, 0.29) is 17.7 Å². The monoisotopic (exact) mass is 497 g/mol. The van der Waals surface area contributed by atoms with E-state index < -0.39 is 10.0 Å². The summed E-state index contributed by atoms with van der Waals surface area (Å²) in [6, 6.07) is 9.74. The molecule has 2 fully saturated rings. The Balaban J connectivity index is 1.33. The number of rotatable bonds is 6. The molecule has 2 aromatic rings. The normalized spacial score (nSPS) is 17.7. The van der Waals surface area contributed by atoms with E-state index in [4.69, 9.17) is 0 Å². The van der Waals surface area contributed by atoms with Gasteiger partial charge in [-0.2, -0.15) is 4.31 Å². The van der Waals surface area contributed by atoms with E-state index in [1.165, 1.54) is 4.31 Å². The third-order valence-corrected chi connectivity index (χ3v) is 9.68. The minimum Gasteiger partial charge on any atom is -0.352 e. The van der Waals surface area contributed by atoms with Gasteiger partial charge in [-0.1, -0.05) is 18.2 Å². The lowest BCUT2D eigenvalue weighted by Gasteiger charge is -2.32. The summed E-state index contributed by atoms with van der Waals surface area (Å²) in [6.07, 6.45) is 2.50. The van der Waals surface area contributed by atoms with Gasteiger partial charge in [0.15, 0.2) is 0 Å². The van der Waals surface area contributed by atoms with E-state index in [0.29, 0.717) is 43.8 Å². The van der Waals surface area contributed by atoms with Gasteiger partial charge >= 0.3 is 0 Å². The van der Waals surface area contributed by atoms with E-state index in [2.05, 4.69) is 5.32 Å². The molecule has 0 spiro atoms. The fourth-order valence-electron chi connectivity index (χ4n) is 5.10. The van der Waals surface area contributed by atoms with Crippen LogP contribution >= 0.6 is 0 Å². The molecule has 2 aromatic carbocycles. The van der Waals surface area contributed by atoms with E-state index in [0.717, 1.165) is 46.5 Å². The zero-order valence-electron chi connectivity index (χ0n) is 21.1. The van der Waals surface area contributed by atoms with Gasteiger partial charge in [0.1, 0.15) is 0 Å². The number of amides is 2. The lowest BCUT2D eigenvalue weighted by atomic mass is 9.97. The Morgan fingerprint density at radius 2 is 1.57 bits per heavy atom. The van der Waals surface area contributed by atoms with Crippen molar-refractivity contribution in [1.82, 2.24) is 9.62 Å². The second-order valence-corrected chi connectivity index (χ2v) is 11.7. The molecule has 2 heterocycles. The van der Waals surface area contributed by atoms with Crippen LogP contribution in [0.1, 0.15) is 53.5 Å². The molecule has 0 bridgehead atoms. The second-order valence-electron chi connectivity index (χ2n) is 9.80. The number of carbonyl (C=O) groups is 2. The molecule has 0 saturated carbocycles. The summed E-state index contributed by atoms with van der Waals surface area (Å²) in [5.74, 6) is -0.0914. The van der Waals surface area contributed by atoms with Crippen LogP contribution in [-0.4, -0.2) is 44.2 Å². The molecule has 0 aromatic heterocycles. The quantitative estimate of drug-likeness (QED) is 0.658. The molecule has 4 rings (SSSR count). The standard InChI is InChI=1S/C27H35N3O4S/c1-18-16-19(2)21(4)26(20(18)3)35(33,34)29-14-11-23(12-15-29)27(32)28-17-22-7-9-24(10-8-22)30-13-5-6-25(30)31/h7-10,16,23H,5-6,11-15,17H2,1-4H3,(H,28,32). The zero-order chi connectivity index (χ0) is 25.3. The molecular weight excluding hydrogens is 462 g/mol. The van der Waals surface area contributed by atoms with Gasteiger partial charge in [-0.05, 0) is 86.9 Å². The van der Waals surface area contributed by atoms with Gasteiger partial charge in [0.05, 0.1) is 4.90 Å². The Morgan fingerprint density at radius 3 is 2.11 bits per heavy atom. The number of nitrogens with zero attached hydrogens (tertiary/aromatic N) is 2. The first-order valence-corrected chi connectivity index (χ1v) is 13.8. The van der Waals surface area contributed by atoms with Crippen LogP contribution < -0.4 is 10.2 Å². The summed E-state index contributed by atoms with van der Waals surface area (Å²) < 4.78 is 28.5. The highest BCUT2D eigenvalue weighted by Gasteiger charge is 2.34. The van der Waals surface area contributed by atoms with E-state index in [9.17, 15) is 18.0 Å². The summed E-state index contributed by atoms with van der Waals surface area (Å²) in [6.45, 7) is 9.46. The van der Waals surface area contributed by atoms with Crippen molar-refractivity contribution in [2.45, 2.75) is 64.8 Å². The summed E-state index contributed by atoms with van der Waals surface area (Å²) in [5.41, 5.74) is 5.41. The van der Waals surface area contributed by atoms with E-state index >= 15 is 0 Å². The predicted octanol–water partition coefficient (Wildman–Crippen LogP) is 3.76. The Labute approximate surface area is 208 Å². The van der Waals surface area contributed by atoms with Gasteiger partial charge in [-0.25, -0.2) is 8.42 Å². The maximum atomic E-state index is 13.5. The minimum absolute atomic E-state index is 0.0420. The number of benzene rings is 2. The molecule has 2 aliphatic heterocycles. The maximum Gasteiger partial charge on any atom is 0.243 e. The van der Waals surface area contributed by atoms with Crippen LogP contribution in [0.2, 0.25) is 0 Å². The first-order valence-electron chi connectivity index (χ1n) is 12.3. The Hall–Kier alpha value is -2.71. The van der Waals surface area contributed by atoms with E-state index in [1.807, 2.05) is 58.0 Å². The third-order valence-electron chi connectivity index (χ3n) is 7.51. The van der Waals surface area contributed by atoms with Crippen LogP contribution in [0.15, 0.2) is 35.2 Å². The van der Waals surface area contributed by atoms with Crippen molar-refractivity contribution in [2.24, 2.45) is 5.92 Å². The Morgan fingerprint density at radius 1 is 0.971 bits per heavy atom. The zero-order valence-corrected chi connectivity index (χ0v) is 21.9. The van der Waals surface area contributed by atoms with Gasteiger partial charge in [-0.3, -0.25) is 9.59 Å². The average Bonchev–Trinajstić information content (AvgIpc) is 3.27. The number of carbonyl (C=O) groups excluding carboxylic acids is 2. The fourth-order valence-corrected chi connectivity index (χ4v) is 7.15. The number of hydrogen-bond acceptors (Lipinski definition) is 4. The van der Waals surface area contributed by atoms with Crippen molar-refractivity contribution < 1.29 is 18.0 Å². The van der Waals surface area contributed by atoms with Gasteiger partial charge < -0.3 is 10.2 Å². The first kappa shape index (κ1) is 25.4. The first-order chi connectivity index (χ1) is 16.6. The molecule has 2 saturated heterocycles. The topological polar surface area (TPSA) is 86.8 Å². The van der Waals surface area contributed by atoms with Gasteiger partial charge in [0, 0.05) is 44.2 Å². The van der Waals surface area contributed by atoms with Crippen molar-refractivity contribution in [2.75, 3.05) is 24.5 Å². The Kier molecular flexibility index (Phi) is 7.33. The lowest BCUT2D eigenvalue weighted by Crippen LogP contribution is -2.43. The van der Waals surface area contributed by atoms with Gasteiger partial charge in [0.25, 0.3) is 0 Å². The van der Waals surface area contributed by atoms with Gasteiger partial charge in [0.2, 0.25) is 21.8 Å². The number of hydrogen-bond donors (Lipinski definition) is 1. The molecule has 0 unspecified atom stereocenters. The molecule has 8 heteroatoms. The minimum atomic E-state index is -3.61. The molecule has 0 aliphatic carbocycles. The average molecular weight is 498 g/mol. The summed E-state index contributed by atoms with van der Waals surface area (Å²) >= 11 is 0. The van der Waals surface area contributed by atoms with Crippen LogP contribution in [0, 0.1) is 33.6 Å². The molecule has 35 heavy (non-hydrogen) atoms. The van der Waals surface area contributed by atoms with Crippen molar-refractivity contribution in [3.8, 4) is 0 Å². The highest BCUT2D eigenvalue weighted by Crippen LogP contribution is 2.31. The van der Waals surface area contributed by atoms with Crippen molar-refractivity contribution in [3.05, 3.63) is 58.1 Å². The molecule has 1 N–H and O–H groups in total. The second kappa shape index (κ2) is 10.1. The summed E-state index contributed by atoms with van der Waals surface area (Å²) in [4.78, 5) is 26.9. The van der Waals surface area contributed by atoms with Crippen LogP contribution in [0.5, 0.6) is 0 Å². The van der Waals surface area contributed by atoms with Crippen molar-refractivity contribution in [1.29, 1.82) is 0 Å². The van der Waals surface area contributed by atoms with E-state index in [1.54, 1.807) is 4.90 Å². The summed E-state index contributed by atoms with van der Waals surface area (Å²) in [5, 5.41) is 3.00. The predicted molar refractivity (Wildman–Crippen MR) is 137 cm³/mol. The van der Waals surface area contributed by atoms with Crippen molar-refractivity contribution in [3.63, 3.8) is 0 Å². The SMILES string of the molecule is Cc1cc(C)c(C)c(S(=O)(=O)N2CCC(C(=O)NCc3ccc(N4CCCC4=O)cc3)CC2)c1C. The van der Waals surface area contributed by atoms with Gasteiger partial charge in [-0.15, -0.1) is 0 Å². The number of nitrogens with one attached hydrogen (secondary N) is 1. The maximum absolute atomic E-state index is 13.5. The number of anilines is 1. The van der Waals surface area contributed by atoms with Crippen LogP contribution in [0.3, 0.4) is 0 Å². The van der Waals surface area contributed by atoms with Crippen LogP contribution in [0.4, 0.5) is 5.69 Å². The van der Waals surface area contributed by atoms with Crippen LogP contribution in [0.25, 0.3) is 0 Å². The molecule has 188 valence electrons. The molecule has 7 nitrogen and oxygen atoms in total. The number of sulfonamides is 1. The lowest BCUT2D eigenvalue weighted by molar-refractivity contribution is -0.126. The third kappa shape index (κ3) is 5.14. The molecule has 2 amide bonds. The molecule has 2 aliphatic rings. The Bertz CT molecular complexity index is 1200. The molecular formula is C27H35N3O4S. The highest BCUT2D eigenvalue weighted by atomic mass is 32.2. The number of aryl methyl sites for hydroxylation is 2. The summed E-state index contributed by atoms with van der Waals surface area (Å²) in [7, 11) is -3.61.